The highest BCUT2D eigenvalue weighted by Crippen LogP contribution is 2.05. The van der Waals surface area contributed by atoms with E-state index < -0.39 is 0 Å². The summed E-state index contributed by atoms with van der Waals surface area (Å²) in [5, 5.41) is 0. The Kier molecular flexibility index (Phi) is 2.12. The molecule has 1 aromatic rings. The standard InChI is InChI=1S/C8H10BN/c1-6(10)7-3-2-4-8(9)5-7/h2-6H,10H2,1H3/t6-/m0/s1. The summed E-state index contributed by atoms with van der Waals surface area (Å²) in [5.74, 6) is 0. The number of hydrogen-bond donors (Lipinski definition) is 1. The molecule has 0 aromatic heterocycles. The van der Waals surface area contributed by atoms with Crippen molar-refractivity contribution >= 4 is 13.3 Å². The van der Waals surface area contributed by atoms with E-state index in [1.54, 1.807) is 0 Å². The smallest absolute Gasteiger partial charge is 0.113 e. The maximum Gasteiger partial charge on any atom is 0.113 e. The molecular weight excluding hydrogens is 121 g/mol. The molecule has 0 aliphatic carbocycles. The number of benzene rings is 1. The van der Waals surface area contributed by atoms with Crippen LogP contribution in [0.4, 0.5) is 0 Å². The van der Waals surface area contributed by atoms with Crippen LogP contribution in [0.2, 0.25) is 0 Å². The monoisotopic (exact) mass is 131 g/mol. The molecule has 0 bridgehead atoms. The Morgan fingerprint density at radius 1 is 1.50 bits per heavy atom. The first-order valence-electron chi connectivity index (χ1n) is 3.31. The summed E-state index contributed by atoms with van der Waals surface area (Å²) in [4.78, 5) is 0. The minimum Gasteiger partial charge on any atom is -0.324 e. The van der Waals surface area contributed by atoms with Gasteiger partial charge in [-0.05, 0) is 12.5 Å². The van der Waals surface area contributed by atoms with Crippen molar-refractivity contribution in [1.29, 1.82) is 0 Å². The highest BCUT2D eigenvalue weighted by molar-refractivity contribution is 6.32. The second-order valence-electron chi connectivity index (χ2n) is 2.46. The van der Waals surface area contributed by atoms with Crippen LogP contribution in [0.1, 0.15) is 18.5 Å². The van der Waals surface area contributed by atoms with E-state index >= 15 is 0 Å². The lowest BCUT2D eigenvalue weighted by Gasteiger charge is -2.04. The second-order valence-corrected chi connectivity index (χ2v) is 2.46. The Bertz CT molecular complexity index is 220. The van der Waals surface area contributed by atoms with Crippen LogP contribution >= 0.6 is 0 Å². The number of nitrogens with two attached hydrogens (primary N) is 1. The van der Waals surface area contributed by atoms with Crippen molar-refractivity contribution in [3.63, 3.8) is 0 Å². The molecule has 0 spiro atoms. The molecule has 0 unspecified atom stereocenters. The van der Waals surface area contributed by atoms with Gasteiger partial charge in [0.2, 0.25) is 0 Å². The van der Waals surface area contributed by atoms with E-state index in [0.717, 1.165) is 11.0 Å². The van der Waals surface area contributed by atoms with E-state index in [2.05, 4.69) is 0 Å². The van der Waals surface area contributed by atoms with Gasteiger partial charge < -0.3 is 5.73 Å². The Hall–Kier alpha value is -0.755. The Morgan fingerprint density at radius 3 is 2.60 bits per heavy atom. The molecule has 1 nitrogen and oxygen atoms in total. The zero-order valence-corrected chi connectivity index (χ0v) is 6.04. The topological polar surface area (TPSA) is 26.0 Å². The van der Waals surface area contributed by atoms with E-state index in [4.69, 9.17) is 13.6 Å². The SMILES string of the molecule is [B]c1cccc([C@H](C)N)c1. The highest BCUT2D eigenvalue weighted by atomic mass is 14.6. The molecule has 2 heteroatoms. The minimum atomic E-state index is 0.0727. The molecule has 1 atom stereocenters. The molecule has 0 amide bonds. The third-order valence-electron chi connectivity index (χ3n) is 1.44. The van der Waals surface area contributed by atoms with Crippen molar-refractivity contribution in [3.8, 4) is 0 Å². The predicted molar refractivity (Wildman–Crippen MR) is 44.4 cm³/mol. The van der Waals surface area contributed by atoms with Gasteiger partial charge in [0.25, 0.3) is 0 Å². The normalized spacial score (nSPS) is 13.0. The summed E-state index contributed by atoms with van der Waals surface area (Å²) in [6.45, 7) is 1.94. The first kappa shape index (κ1) is 7.35. The van der Waals surface area contributed by atoms with E-state index in [1.165, 1.54) is 0 Å². The van der Waals surface area contributed by atoms with Crippen molar-refractivity contribution in [1.82, 2.24) is 0 Å². The van der Waals surface area contributed by atoms with Gasteiger partial charge in [-0.3, -0.25) is 0 Å². The Balaban J connectivity index is 2.96. The summed E-state index contributed by atoms with van der Waals surface area (Å²) in [6, 6.07) is 7.70. The van der Waals surface area contributed by atoms with Gasteiger partial charge in [-0.15, -0.1) is 0 Å². The molecule has 0 saturated carbocycles. The van der Waals surface area contributed by atoms with E-state index in [-0.39, 0.29) is 6.04 Å². The van der Waals surface area contributed by atoms with Crippen molar-refractivity contribution < 1.29 is 0 Å². The van der Waals surface area contributed by atoms with Crippen LogP contribution < -0.4 is 11.2 Å². The van der Waals surface area contributed by atoms with Crippen LogP contribution in [0.15, 0.2) is 24.3 Å². The summed E-state index contributed by atoms with van der Waals surface area (Å²) in [7, 11) is 5.54. The molecule has 50 valence electrons. The van der Waals surface area contributed by atoms with Crippen LogP contribution in [0.25, 0.3) is 0 Å². The van der Waals surface area contributed by atoms with E-state index in [0.29, 0.717) is 0 Å². The molecular formula is C8H10BN. The third-order valence-corrected chi connectivity index (χ3v) is 1.44. The first-order valence-corrected chi connectivity index (χ1v) is 3.31. The molecule has 1 rings (SSSR count). The second kappa shape index (κ2) is 2.89. The maximum atomic E-state index is 5.63. The highest BCUT2D eigenvalue weighted by Gasteiger charge is 1.96. The Labute approximate surface area is 62.7 Å². The van der Waals surface area contributed by atoms with Crippen LogP contribution in [-0.4, -0.2) is 7.85 Å². The van der Waals surface area contributed by atoms with Gasteiger partial charge in [-0.2, -0.15) is 0 Å². The molecule has 1 aromatic carbocycles. The van der Waals surface area contributed by atoms with Crippen LogP contribution in [-0.2, 0) is 0 Å². The summed E-state index contributed by atoms with van der Waals surface area (Å²) in [6.07, 6.45) is 0. The van der Waals surface area contributed by atoms with Crippen LogP contribution in [0.3, 0.4) is 0 Å². The van der Waals surface area contributed by atoms with Crippen LogP contribution in [0, 0.1) is 0 Å². The van der Waals surface area contributed by atoms with Crippen molar-refractivity contribution in [2.75, 3.05) is 0 Å². The largest absolute Gasteiger partial charge is 0.324 e. The zero-order valence-electron chi connectivity index (χ0n) is 6.04. The molecule has 2 radical (unpaired) electrons. The van der Waals surface area contributed by atoms with E-state index in [9.17, 15) is 0 Å². The molecule has 2 N–H and O–H groups in total. The maximum absolute atomic E-state index is 5.63. The fourth-order valence-electron chi connectivity index (χ4n) is 0.842. The van der Waals surface area contributed by atoms with Crippen molar-refractivity contribution in [2.45, 2.75) is 13.0 Å². The molecule has 0 saturated heterocycles. The quantitative estimate of drug-likeness (QED) is 0.551. The van der Waals surface area contributed by atoms with Crippen LogP contribution in [0.5, 0.6) is 0 Å². The lowest BCUT2D eigenvalue weighted by Crippen LogP contribution is -2.09. The first-order chi connectivity index (χ1) is 4.70. The van der Waals surface area contributed by atoms with Gasteiger partial charge >= 0.3 is 0 Å². The average molecular weight is 131 g/mol. The summed E-state index contributed by atoms with van der Waals surface area (Å²) in [5.41, 5.74) is 7.48. The lowest BCUT2D eigenvalue weighted by molar-refractivity contribution is 0.819. The molecule has 0 heterocycles. The third kappa shape index (κ3) is 1.61. The summed E-state index contributed by atoms with van der Waals surface area (Å²) >= 11 is 0. The number of rotatable bonds is 1. The zero-order chi connectivity index (χ0) is 7.56. The van der Waals surface area contributed by atoms with E-state index in [1.807, 2.05) is 31.2 Å². The summed E-state index contributed by atoms with van der Waals surface area (Å²) < 4.78 is 0. The van der Waals surface area contributed by atoms with Gasteiger partial charge in [0, 0.05) is 6.04 Å². The Morgan fingerprint density at radius 2 is 2.20 bits per heavy atom. The average Bonchev–Trinajstić information content (AvgIpc) is 1.88. The van der Waals surface area contributed by atoms with Gasteiger partial charge in [-0.25, -0.2) is 0 Å². The van der Waals surface area contributed by atoms with Crippen molar-refractivity contribution in [3.05, 3.63) is 29.8 Å². The number of hydrogen-bond acceptors (Lipinski definition) is 1. The minimum absolute atomic E-state index is 0.0727. The molecule has 0 aliphatic heterocycles. The predicted octanol–water partition coefficient (Wildman–Crippen LogP) is 0.500. The van der Waals surface area contributed by atoms with Gasteiger partial charge in [0.05, 0.1) is 0 Å². The fraction of sp³-hybridized carbons (Fsp3) is 0.250. The fourth-order valence-corrected chi connectivity index (χ4v) is 0.842. The molecule has 0 aliphatic rings. The van der Waals surface area contributed by atoms with Gasteiger partial charge in [0.1, 0.15) is 7.85 Å². The van der Waals surface area contributed by atoms with Gasteiger partial charge in [-0.1, -0.05) is 29.7 Å². The lowest BCUT2D eigenvalue weighted by atomic mass is 9.93. The molecule has 10 heavy (non-hydrogen) atoms. The van der Waals surface area contributed by atoms with Crippen molar-refractivity contribution in [2.24, 2.45) is 5.73 Å². The van der Waals surface area contributed by atoms with Gasteiger partial charge in [0.15, 0.2) is 0 Å². The molecule has 0 fully saturated rings.